The fourth-order valence-electron chi connectivity index (χ4n) is 2.16. The van der Waals surface area contributed by atoms with Crippen molar-refractivity contribution in [3.8, 4) is 0 Å². The first-order valence-corrected chi connectivity index (χ1v) is 6.28. The molecule has 0 spiro atoms. The van der Waals surface area contributed by atoms with Gasteiger partial charge in [0, 0.05) is 5.54 Å². The Kier molecular flexibility index (Phi) is 4.39. The number of hydrogen-bond acceptors (Lipinski definition) is 1. The van der Waals surface area contributed by atoms with Crippen molar-refractivity contribution in [1.29, 1.82) is 0 Å². The Morgan fingerprint density at radius 1 is 1.27 bits per heavy atom. The van der Waals surface area contributed by atoms with Crippen LogP contribution in [0.5, 0.6) is 0 Å². The van der Waals surface area contributed by atoms with E-state index in [1.165, 1.54) is 37.8 Å². The smallest absolute Gasteiger partial charge is 0.00966 e. The molecule has 1 saturated carbocycles. The van der Waals surface area contributed by atoms with Crippen molar-refractivity contribution in [2.24, 2.45) is 11.8 Å². The molecule has 1 fully saturated rings. The first-order chi connectivity index (χ1) is 6.88. The summed E-state index contributed by atoms with van der Waals surface area (Å²) in [7, 11) is 0. The van der Waals surface area contributed by atoms with Crippen molar-refractivity contribution in [2.45, 2.75) is 58.9 Å². The first kappa shape index (κ1) is 12.8. The van der Waals surface area contributed by atoms with Gasteiger partial charge in [-0.3, -0.25) is 0 Å². The molecule has 88 valence electrons. The van der Waals surface area contributed by atoms with Gasteiger partial charge in [0.15, 0.2) is 0 Å². The molecule has 0 saturated heterocycles. The Morgan fingerprint density at radius 2 is 1.87 bits per heavy atom. The van der Waals surface area contributed by atoms with Crippen LogP contribution in [0.4, 0.5) is 0 Å². The maximum atomic E-state index is 3.98. The van der Waals surface area contributed by atoms with E-state index in [-0.39, 0.29) is 5.54 Å². The van der Waals surface area contributed by atoms with Crippen LogP contribution >= 0.6 is 0 Å². The summed E-state index contributed by atoms with van der Waals surface area (Å²) in [6.45, 7) is 14.1. The lowest BCUT2D eigenvalue weighted by Crippen LogP contribution is -2.43. The van der Waals surface area contributed by atoms with Crippen LogP contribution in [0.2, 0.25) is 0 Å². The molecule has 1 aliphatic carbocycles. The molecule has 1 rings (SSSR count). The zero-order valence-corrected chi connectivity index (χ0v) is 10.9. The van der Waals surface area contributed by atoms with Crippen LogP contribution in [0, 0.1) is 11.8 Å². The van der Waals surface area contributed by atoms with Crippen LogP contribution in [-0.2, 0) is 0 Å². The molecule has 1 aliphatic rings. The average molecular weight is 209 g/mol. The van der Waals surface area contributed by atoms with E-state index in [9.17, 15) is 0 Å². The van der Waals surface area contributed by atoms with Crippen LogP contribution in [0.15, 0.2) is 12.2 Å². The van der Waals surface area contributed by atoms with Crippen LogP contribution in [0.3, 0.4) is 0 Å². The highest BCUT2D eigenvalue weighted by atomic mass is 14.9. The van der Waals surface area contributed by atoms with Crippen molar-refractivity contribution >= 4 is 0 Å². The maximum Gasteiger partial charge on any atom is 0.00966 e. The molecule has 0 aromatic heterocycles. The third-order valence-corrected chi connectivity index (χ3v) is 3.41. The Morgan fingerprint density at radius 3 is 2.27 bits per heavy atom. The van der Waals surface area contributed by atoms with Gasteiger partial charge < -0.3 is 5.32 Å². The van der Waals surface area contributed by atoms with Gasteiger partial charge in [0.05, 0.1) is 0 Å². The average Bonchev–Trinajstić information content (AvgIpc) is 1.99. The summed E-state index contributed by atoms with van der Waals surface area (Å²) in [4.78, 5) is 0. The molecule has 0 heterocycles. The van der Waals surface area contributed by atoms with Crippen LogP contribution in [0.25, 0.3) is 0 Å². The molecule has 15 heavy (non-hydrogen) atoms. The largest absolute Gasteiger partial charge is 0.312 e. The Hall–Kier alpha value is -0.300. The van der Waals surface area contributed by atoms with Crippen molar-refractivity contribution in [1.82, 2.24) is 5.32 Å². The van der Waals surface area contributed by atoms with Crippen LogP contribution in [0.1, 0.15) is 53.4 Å². The fourth-order valence-corrected chi connectivity index (χ4v) is 2.16. The summed E-state index contributed by atoms with van der Waals surface area (Å²) in [5, 5.41) is 3.62. The molecule has 1 N–H and O–H groups in total. The Bertz CT molecular complexity index is 212. The lowest BCUT2D eigenvalue weighted by molar-refractivity contribution is 0.150. The van der Waals surface area contributed by atoms with E-state index in [4.69, 9.17) is 0 Å². The minimum absolute atomic E-state index is 0.272. The normalized spacial score (nSPS) is 26.1. The Labute approximate surface area is 95.3 Å². The summed E-state index contributed by atoms with van der Waals surface area (Å²) in [6.07, 6.45) is 5.43. The van der Waals surface area contributed by atoms with Crippen molar-refractivity contribution < 1.29 is 0 Å². The summed E-state index contributed by atoms with van der Waals surface area (Å²) in [5.41, 5.74) is 1.61. The highest BCUT2D eigenvalue weighted by Crippen LogP contribution is 2.37. The summed E-state index contributed by atoms with van der Waals surface area (Å²) < 4.78 is 0. The molecule has 2 atom stereocenters. The van der Waals surface area contributed by atoms with E-state index in [0.29, 0.717) is 0 Å². The van der Waals surface area contributed by atoms with Gasteiger partial charge in [-0.2, -0.15) is 0 Å². The van der Waals surface area contributed by atoms with Gasteiger partial charge in [-0.15, -0.1) is 6.58 Å². The van der Waals surface area contributed by atoms with Gasteiger partial charge in [-0.05, 0) is 71.8 Å². The topological polar surface area (TPSA) is 12.0 Å². The molecule has 1 nitrogen and oxygen atoms in total. The third-order valence-electron chi connectivity index (χ3n) is 3.41. The molecule has 0 aromatic carbocycles. The highest BCUT2D eigenvalue weighted by Gasteiger charge is 2.30. The minimum Gasteiger partial charge on any atom is -0.312 e. The van der Waals surface area contributed by atoms with Gasteiger partial charge in [0.1, 0.15) is 0 Å². The van der Waals surface area contributed by atoms with E-state index in [1.54, 1.807) is 0 Å². The second-order valence-electron chi connectivity index (χ2n) is 6.22. The zero-order valence-electron chi connectivity index (χ0n) is 10.9. The third kappa shape index (κ3) is 4.83. The van der Waals surface area contributed by atoms with Crippen LogP contribution < -0.4 is 5.32 Å². The van der Waals surface area contributed by atoms with Crippen LogP contribution in [-0.4, -0.2) is 12.1 Å². The summed E-state index contributed by atoms with van der Waals surface area (Å²) in [6, 6.07) is 0. The molecular weight excluding hydrogens is 182 g/mol. The maximum absolute atomic E-state index is 3.98. The quantitative estimate of drug-likeness (QED) is 0.680. The number of nitrogens with one attached hydrogen (secondary N) is 1. The minimum atomic E-state index is 0.272. The standard InChI is InChI=1S/C14H27N/c1-11(2)6-7-12-8-9-13(12)10-15-14(3,4)5/h12-13,15H,1,6-10H2,2-5H3. The van der Waals surface area contributed by atoms with E-state index < -0.39 is 0 Å². The van der Waals surface area contributed by atoms with Gasteiger partial charge >= 0.3 is 0 Å². The number of allylic oxidation sites excluding steroid dienone is 1. The zero-order chi connectivity index (χ0) is 11.5. The van der Waals surface area contributed by atoms with E-state index in [1.807, 2.05) is 0 Å². The predicted molar refractivity (Wildman–Crippen MR) is 68.0 cm³/mol. The molecular formula is C14H27N. The highest BCUT2D eigenvalue weighted by molar-refractivity contribution is 4.92. The second kappa shape index (κ2) is 5.16. The first-order valence-electron chi connectivity index (χ1n) is 6.28. The van der Waals surface area contributed by atoms with Gasteiger partial charge in [-0.25, -0.2) is 0 Å². The molecule has 0 aromatic rings. The predicted octanol–water partition coefficient (Wildman–Crippen LogP) is 3.76. The number of hydrogen-bond donors (Lipinski definition) is 1. The monoisotopic (exact) mass is 209 g/mol. The van der Waals surface area contributed by atoms with Gasteiger partial charge in [0.2, 0.25) is 0 Å². The van der Waals surface area contributed by atoms with E-state index in [2.05, 4.69) is 39.6 Å². The van der Waals surface area contributed by atoms with E-state index >= 15 is 0 Å². The summed E-state index contributed by atoms with van der Waals surface area (Å²) >= 11 is 0. The van der Waals surface area contributed by atoms with Gasteiger partial charge in [-0.1, -0.05) is 5.57 Å². The van der Waals surface area contributed by atoms with Crippen molar-refractivity contribution in [3.63, 3.8) is 0 Å². The lowest BCUT2D eigenvalue weighted by atomic mass is 9.71. The molecule has 2 unspecified atom stereocenters. The van der Waals surface area contributed by atoms with Crippen molar-refractivity contribution in [2.75, 3.05) is 6.54 Å². The molecule has 0 amide bonds. The SMILES string of the molecule is C=C(C)CCC1CCC1CNC(C)(C)C. The fraction of sp³-hybridized carbons (Fsp3) is 0.857. The van der Waals surface area contributed by atoms with E-state index in [0.717, 1.165) is 11.8 Å². The Balaban J connectivity index is 2.18. The second-order valence-corrected chi connectivity index (χ2v) is 6.22. The molecule has 0 radical (unpaired) electrons. The molecule has 1 heteroatoms. The van der Waals surface area contributed by atoms with Crippen molar-refractivity contribution in [3.05, 3.63) is 12.2 Å². The lowest BCUT2D eigenvalue weighted by Gasteiger charge is -2.39. The molecule has 0 aliphatic heterocycles. The van der Waals surface area contributed by atoms with Gasteiger partial charge in [0.25, 0.3) is 0 Å². The molecule has 0 bridgehead atoms. The number of rotatable bonds is 5. The summed E-state index contributed by atoms with van der Waals surface area (Å²) in [5.74, 6) is 1.88.